The van der Waals surface area contributed by atoms with E-state index in [1.54, 1.807) is 20.0 Å². The van der Waals surface area contributed by atoms with Gasteiger partial charge >= 0.3 is 13.3 Å². The SMILES string of the molecule is CCOP(=O)(Cc1cn(C[C@H]2O[C@@H](n3ccc(=O)[nH]c3=O)C(OC)C2O)nn1)OCC. The summed E-state index contributed by atoms with van der Waals surface area (Å²) in [6, 6.07) is 1.18. The van der Waals surface area contributed by atoms with E-state index in [-0.39, 0.29) is 25.9 Å². The maximum absolute atomic E-state index is 12.7. The van der Waals surface area contributed by atoms with Gasteiger partial charge in [0.1, 0.15) is 18.3 Å². The molecule has 0 aromatic carbocycles. The van der Waals surface area contributed by atoms with Crippen LogP contribution in [0.2, 0.25) is 0 Å². The van der Waals surface area contributed by atoms with Crippen LogP contribution >= 0.6 is 7.60 Å². The number of nitrogens with zero attached hydrogens (tertiary/aromatic N) is 4. The normalized spacial score (nSPS) is 24.0. The van der Waals surface area contributed by atoms with Gasteiger partial charge in [0.2, 0.25) is 0 Å². The number of rotatable bonds is 10. The van der Waals surface area contributed by atoms with Gasteiger partial charge in [-0.05, 0) is 13.8 Å². The smallest absolute Gasteiger partial charge is 0.336 e. The van der Waals surface area contributed by atoms with E-state index in [0.29, 0.717) is 5.69 Å². The van der Waals surface area contributed by atoms with Crippen LogP contribution in [-0.4, -0.2) is 68.3 Å². The second-order valence-electron chi connectivity index (χ2n) is 6.81. The van der Waals surface area contributed by atoms with Gasteiger partial charge in [-0.3, -0.25) is 18.9 Å². The molecule has 2 aromatic rings. The van der Waals surface area contributed by atoms with Gasteiger partial charge in [-0.25, -0.2) is 9.48 Å². The van der Waals surface area contributed by atoms with E-state index >= 15 is 0 Å². The molecule has 0 spiro atoms. The minimum absolute atomic E-state index is 0.0428. The Morgan fingerprint density at radius 1 is 1.29 bits per heavy atom. The third kappa shape index (κ3) is 5.37. The van der Waals surface area contributed by atoms with Crippen molar-refractivity contribution in [1.29, 1.82) is 0 Å². The molecule has 2 unspecified atom stereocenters. The lowest BCUT2D eigenvalue weighted by Gasteiger charge is -2.19. The predicted octanol–water partition coefficient (Wildman–Crippen LogP) is -0.132. The monoisotopic (exact) mass is 459 g/mol. The van der Waals surface area contributed by atoms with Crippen LogP contribution in [0.15, 0.2) is 28.0 Å². The second kappa shape index (κ2) is 9.98. The lowest BCUT2D eigenvalue weighted by molar-refractivity contribution is -0.0566. The molecule has 2 N–H and O–H groups in total. The van der Waals surface area contributed by atoms with E-state index in [2.05, 4.69) is 15.3 Å². The summed E-state index contributed by atoms with van der Waals surface area (Å²) in [4.78, 5) is 25.6. The molecule has 31 heavy (non-hydrogen) atoms. The van der Waals surface area contributed by atoms with E-state index < -0.39 is 43.4 Å². The topological polar surface area (TPSA) is 160 Å². The van der Waals surface area contributed by atoms with Crippen molar-refractivity contribution in [2.45, 2.75) is 51.1 Å². The zero-order valence-corrected chi connectivity index (χ0v) is 18.3. The molecule has 0 radical (unpaired) electrons. The molecule has 1 aliphatic rings. The summed E-state index contributed by atoms with van der Waals surface area (Å²) in [5.41, 5.74) is -0.829. The highest BCUT2D eigenvalue weighted by molar-refractivity contribution is 7.53. The molecule has 0 amide bonds. The zero-order chi connectivity index (χ0) is 22.6. The fourth-order valence-corrected chi connectivity index (χ4v) is 4.97. The number of aliphatic hydroxyl groups excluding tert-OH is 1. The Balaban J connectivity index is 1.74. The molecule has 0 bridgehead atoms. The summed E-state index contributed by atoms with van der Waals surface area (Å²) in [6.07, 6.45) is -0.880. The van der Waals surface area contributed by atoms with Gasteiger partial charge in [0.15, 0.2) is 6.23 Å². The van der Waals surface area contributed by atoms with Crippen LogP contribution in [0.25, 0.3) is 0 Å². The van der Waals surface area contributed by atoms with Crippen molar-refractivity contribution in [3.8, 4) is 0 Å². The summed E-state index contributed by atoms with van der Waals surface area (Å²) < 4.78 is 36.9. The minimum atomic E-state index is -3.33. The van der Waals surface area contributed by atoms with Crippen LogP contribution in [0, 0.1) is 0 Å². The molecule has 14 heteroatoms. The maximum Gasteiger partial charge on any atom is 0.336 e. The molecule has 3 rings (SSSR count). The first-order chi connectivity index (χ1) is 14.8. The number of aliphatic hydroxyl groups is 1. The van der Waals surface area contributed by atoms with E-state index in [0.717, 1.165) is 4.57 Å². The number of hydrogen-bond donors (Lipinski definition) is 2. The predicted molar refractivity (Wildman–Crippen MR) is 107 cm³/mol. The highest BCUT2D eigenvalue weighted by Crippen LogP contribution is 2.50. The average Bonchev–Trinajstić information content (AvgIpc) is 3.26. The van der Waals surface area contributed by atoms with Crippen molar-refractivity contribution in [1.82, 2.24) is 24.5 Å². The third-order valence-corrected chi connectivity index (χ3v) is 6.69. The Bertz CT molecular complexity index is 1030. The van der Waals surface area contributed by atoms with Crippen molar-refractivity contribution < 1.29 is 28.2 Å². The molecular weight excluding hydrogens is 433 g/mol. The van der Waals surface area contributed by atoms with Gasteiger partial charge in [-0.2, -0.15) is 0 Å². The van der Waals surface area contributed by atoms with E-state index in [1.807, 2.05) is 0 Å². The molecule has 1 aliphatic heterocycles. The molecule has 172 valence electrons. The average molecular weight is 459 g/mol. The number of ether oxygens (including phenoxy) is 2. The quantitative estimate of drug-likeness (QED) is 0.458. The number of aromatic nitrogens is 5. The van der Waals surface area contributed by atoms with Crippen molar-refractivity contribution in [3.05, 3.63) is 45.0 Å². The first-order valence-corrected chi connectivity index (χ1v) is 11.5. The Morgan fingerprint density at radius 2 is 2.00 bits per heavy atom. The number of H-pyrrole nitrogens is 1. The van der Waals surface area contributed by atoms with Gasteiger partial charge < -0.3 is 23.6 Å². The van der Waals surface area contributed by atoms with E-state index in [4.69, 9.17) is 18.5 Å². The number of nitrogens with one attached hydrogen (secondary N) is 1. The minimum Gasteiger partial charge on any atom is -0.387 e. The molecule has 1 fully saturated rings. The van der Waals surface area contributed by atoms with Crippen LogP contribution in [-0.2, 0) is 35.8 Å². The standard InChI is InChI=1S/C17H26N5O8P/c1-4-28-31(26,29-5-2)10-11-8-21(20-19-11)9-12-14(24)15(27-3)16(30-12)22-7-6-13(23)18-17(22)25/h6-8,12,14-16,24H,4-5,9-10H2,1-3H3,(H,18,23,25)/t12-,14?,15?,16-/m1/s1. The summed E-state index contributed by atoms with van der Waals surface area (Å²) in [5, 5.41) is 18.6. The van der Waals surface area contributed by atoms with Gasteiger partial charge in [0.05, 0.1) is 31.6 Å². The lowest BCUT2D eigenvalue weighted by Crippen LogP contribution is -2.38. The zero-order valence-electron chi connectivity index (χ0n) is 17.4. The second-order valence-corrected chi connectivity index (χ2v) is 8.86. The third-order valence-electron chi connectivity index (χ3n) is 4.67. The van der Waals surface area contributed by atoms with Gasteiger partial charge in [-0.1, -0.05) is 5.21 Å². The Morgan fingerprint density at radius 3 is 2.61 bits per heavy atom. The van der Waals surface area contributed by atoms with Crippen molar-refractivity contribution in [2.24, 2.45) is 0 Å². The van der Waals surface area contributed by atoms with E-state index in [1.165, 1.54) is 24.1 Å². The highest BCUT2D eigenvalue weighted by Gasteiger charge is 2.45. The number of methoxy groups -OCH3 is 1. The van der Waals surface area contributed by atoms with Crippen molar-refractivity contribution in [2.75, 3.05) is 20.3 Å². The first-order valence-electron chi connectivity index (χ1n) is 9.75. The van der Waals surface area contributed by atoms with Crippen LogP contribution in [0.1, 0.15) is 25.8 Å². The largest absolute Gasteiger partial charge is 0.387 e. The van der Waals surface area contributed by atoms with Gasteiger partial charge in [0, 0.05) is 25.6 Å². The van der Waals surface area contributed by atoms with Crippen molar-refractivity contribution in [3.63, 3.8) is 0 Å². The molecule has 2 aromatic heterocycles. The molecule has 4 atom stereocenters. The summed E-state index contributed by atoms with van der Waals surface area (Å²) in [7, 11) is -1.95. The number of aromatic amines is 1. The fourth-order valence-electron chi connectivity index (χ4n) is 3.38. The Hall–Kier alpha value is -2.15. The molecule has 13 nitrogen and oxygen atoms in total. The summed E-state index contributed by atoms with van der Waals surface area (Å²) >= 11 is 0. The van der Waals surface area contributed by atoms with Crippen LogP contribution in [0.3, 0.4) is 0 Å². The summed E-state index contributed by atoms with van der Waals surface area (Å²) in [5.74, 6) is 0. The molecular formula is C17H26N5O8P. The first kappa shape index (κ1) is 23.5. The fraction of sp³-hybridized carbons (Fsp3) is 0.647. The molecule has 0 aliphatic carbocycles. The van der Waals surface area contributed by atoms with Crippen LogP contribution in [0.4, 0.5) is 0 Å². The number of hydrogen-bond acceptors (Lipinski definition) is 10. The van der Waals surface area contributed by atoms with Gasteiger partial charge in [-0.15, -0.1) is 5.10 Å². The van der Waals surface area contributed by atoms with Gasteiger partial charge in [0.25, 0.3) is 5.56 Å². The van der Waals surface area contributed by atoms with E-state index in [9.17, 15) is 19.3 Å². The molecule has 1 saturated heterocycles. The maximum atomic E-state index is 12.7. The lowest BCUT2D eigenvalue weighted by atomic mass is 10.1. The Kier molecular flexibility index (Phi) is 7.57. The highest BCUT2D eigenvalue weighted by atomic mass is 31.2. The Labute approximate surface area is 177 Å². The summed E-state index contributed by atoms with van der Waals surface area (Å²) in [6.45, 7) is 4.00. The van der Waals surface area contributed by atoms with Crippen molar-refractivity contribution >= 4 is 7.60 Å². The molecule has 0 saturated carbocycles. The molecule has 3 heterocycles. The van der Waals surface area contributed by atoms with Crippen LogP contribution in [0.5, 0.6) is 0 Å². The van der Waals surface area contributed by atoms with Crippen LogP contribution < -0.4 is 11.2 Å².